The van der Waals surface area contributed by atoms with Crippen LogP contribution in [0.25, 0.3) is 0 Å². The Hall–Kier alpha value is 0.380. The first-order chi connectivity index (χ1) is 5.41. The second-order valence-corrected chi connectivity index (χ2v) is 6.65. The molecule has 0 saturated carbocycles. The number of hydrogen-bond donors (Lipinski definition) is 1. The largest absolute Gasteiger partial charge is 0.249 e. The van der Waals surface area contributed by atoms with Gasteiger partial charge in [-0.3, -0.25) is 0 Å². The molecule has 0 spiro atoms. The minimum absolute atomic E-state index is 0.564. The Morgan fingerprint density at radius 3 is 2.58 bits per heavy atom. The number of nitrogens with one attached hydrogen (secondary N) is 1. The second kappa shape index (κ2) is 3.63. The molecular weight excluding hydrogens is 353 g/mol. The summed E-state index contributed by atoms with van der Waals surface area (Å²) in [6.45, 7) is 0. The lowest BCUT2D eigenvalue weighted by Gasteiger charge is -2.04. The Morgan fingerprint density at radius 1 is 1.58 bits per heavy atom. The fourth-order valence-corrected chi connectivity index (χ4v) is 3.44. The topological polar surface area (TPSA) is 40.9 Å². The minimum Gasteiger partial charge on any atom is -0.249 e. The highest BCUT2D eigenvalue weighted by atomic mass is 127. The van der Waals surface area contributed by atoms with Gasteiger partial charge in [0.25, 0.3) is 0 Å². The highest BCUT2D eigenvalue weighted by Gasteiger charge is 2.07. The van der Waals surface area contributed by atoms with Gasteiger partial charge in [-0.2, -0.15) is 0 Å². The highest BCUT2D eigenvalue weighted by molar-refractivity contribution is 14.1. The van der Waals surface area contributed by atoms with Gasteiger partial charge in [-0.1, -0.05) is 0 Å². The van der Waals surface area contributed by atoms with Crippen molar-refractivity contribution in [3.8, 4) is 0 Å². The average molecular weight is 360 g/mol. The van der Waals surface area contributed by atoms with E-state index >= 15 is 0 Å². The summed E-state index contributed by atoms with van der Waals surface area (Å²) in [5.74, 6) is 0. The SMILES string of the molecule is CS(=N)(=O)c1cc(I)ccc1Br. The summed E-state index contributed by atoms with van der Waals surface area (Å²) < 4.78 is 20.5. The third kappa shape index (κ3) is 2.43. The van der Waals surface area contributed by atoms with Gasteiger partial charge in [0.2, 0.25) is 0 Å². The van der Waals surface area contributed by atoms with Crippen LogP contribution in [0.1, 0.15) is 0 Å². The summed E-state index contributed by atoms with van der Waals surface area (Å²) in [7, 11) is -2.61. The number of rotatable bonds is 1. The van der Waals surface area contributed by atoms with Crippen molar-refractivity contribution >= 4 is 48.2 Å². The molecule has 0 amide bonds. The lowest BCUT2D eigenvalue weighted by molar-refractivity contribution is 0.678. The standard InChI is InChI=1S/C7H7BrINOS/c1-12(10,11)7-4-5(9)2-3-6(7)8/h2-4,10H,1H3. The molecule has 12 heavy (non-hydrogen) atoms. The van der Waals surface area contributed by atoms with Gasteiger partial charge in [-0.25, -0.2) is 8.99 Å². The van der Waals surface area contributed by atoms with E-state index in [1.165, 1.54) is 6.26 Å². The van der Waals surface area contributed by atoms with E-state index in [1.807, 2.05) is 12.1 Å². The van der Waals surface area contributed by atoms with Gasteiger partial charge < -0.3 is 0 Å². The van der Waals surface area contributed by atoms with Gasteiger partial charge in [-0.05, 0) is 56.7 Å². The van der Waals surface area contributed by atoms with E-state index in [-0.39, 0.29) is 0 Å². The van der Waals surface area contributed by atoms with Crippen molar-refractivity contribution in [1.29, 1.82) is 4.78 Å². The third-order valence-corrected chi connectivity index (χ3v) is 4.11. The van der Waals surface area contributed by atoms with Crippen LogP contribution in [0.3, 0.4) is 0 Å². The van der Waals surface area contributed by atoms with E-state index in [2.05, 4.69) is 38.5 Å². The minimum atomic E-state index is -2.61. The molecule has 1 aromatic carbocycles. The van der Waals surface area contributed by atoms with Crippen LogP contribution in [0.5, 0.6) is 0 Å². The molecule has 0 fully saturated rings. The first kappa shape index (κ1) is 10.5. The van der Waals surface area contributed by atoms with Gasteiger partial charge >= 0.3 is 0 Å². The molecule has 0 aromatic heterocycles. The van der Waals surface area contributed by atoms with Gasteiger partial charge in [0, 0.05) is 14.3 Å². The quantitative estimate of drug-likeness (QED) is 0.769. The summed E-state index contributed by atoms with van der Waals surface area (Å²) >= 11 is 5.40. The predicted octanol–water partition coefficient (Wildman–Crippen LogP) is 3.09. The number of benzene rings is 1. The molecule has 0 bridgehead atoms. The first-order valence-electron chi connectivity index (χ1n) is 3.10. The Balaban J connectivity index is 3.43. The molecule has 1 rings (SSSR count). The molecule has 2 nitrogen and oxygen atoms in total. The molecule has 66 valence electrons. The van der Waals surface area contributed by atoms with Crippen molar-refractivity contribution in [3.05, 3.63) is 26.2 Å². The van der Waals surface area contributed by atoms with Crippen molar-refractivity contribution < 1.29 is 4.21 Å². The maximum atomic E-state index is 11.4. The van der Waals surface area contributed by atoms with Crippen LogP contribution in [-0.2, 0) is 9.73 Å². The molecule has 5 heteroatoms. The van der Waals surface area contributed by atoms with Gasteiger partial charge in [0.15, 0.2) is 0 Å². The zero-order chi connectivity index (χ0) is 9.35. The predicted molar refractivity (Wildman–Crippen MR) is 61.9 cm³/mol. The van der Waals surface area contributed by atoms with Gasteiger partial charge in [0.05, 0.1) is 14.6 Å². The molecule has 0 radical (unpaired) electrons. The summed E-state index contributed by atoms with van der Waals surface area (Å²) in [5.41, 5.74) is 0. The molecule has 0 aliphatic heterocycles. The van der Waals surface area contributed by atoms with Crippen LogP contribution in [-0.4, -0.2) is 10.5 Å². The van der Waals surface area contributed by atoms with E-state index in [9.17, 15) is 4.21 Å². The van der Waals surface area contributed by atoms with Crippen molar-refractivity contribution in [2.75, 3.05) is 6.26 Å². The normalized spacial score (nSPS) is 15.6. The Morgan fingerprint density at radius 2 is 2.17 bits per heavy atom. The first-order valence-corrected chi connectivity index (χ1v) is 6.94. The van der Waals surface area contributed by atoms with Crippen molar-refractivity contribution in [1.82, 2.24) is 0 Å². The van der Waals surface area contributed by atoms with E-state index < -0.39 is 9.73 Å². The Kier molecular flexibility index (Phi) is 3.16. The van der Waals surface area contributed by atoms with Crippen molar-refractivity contribution in [2.45, 2.75) is 4.90 Å². The molecule has 0 heterocycles. The van der Waals surface area contributed by atoms with Crippen molar-refractivity contribution in [2.24, 2.45) is 0 Å². The fourth-order valence-electron chi connectivity index (χ4n) is 0.776. The summed E-state index contributed by atoms with van der Waals surface area (Å²) in [4.78, 5) is 0.564. The molecule has 0 aliphatic carbocycles. The zero-order valence-corrected chi connectivity index (χ0v) is 10.9. The van der Waals surface area contributed by atoms with E-state index in [0.717, 1.165) is 8.04 Å². The van der Waals surface area contributed by atoms with Crippen LogP contribution in [0.2, 0.25) is 0 Å². The summed E-state index contributed by atoms with van der Waals surface area (Å²) in [6.07, 6.45) is 1.42. The van der Waals surface area contributed by atoms with Crippen LogP contribution in [0, 0.1) is 8.35 Å². The van der Waals surface area contributed by atoms with E-state index in [0.29, 0.717) is 4.90 Å². The van der Waals surface area contributed by atoms with E-state index in [1.54, 1.807) is 6.07 Å². The van der Waals surface area contributed by atoms with E-state index in [4.69, 9.17) is 4.78 Å². The van der Waals surface area contributed by atoms with Crippen LogP contribution >= 0.6 is 38.5 Å². The number of hydrogen-bond acceptors (Lipinski definition) is 2. The van der Waals surface area contributed by atoms with Crippen LogP contribution in [0.4, 0.5) is 0 Å². The summed E-state index contributed by atoms with van der Waals surface area (Å²) in [6, 6.07) is 5.48. The summed E-state index contributed by atoms with van der Waals surface area (Å²) in [5, 5.41) is 0. The molecule has 1 unspecified atom stereocenters. The molecule has 1 aromatic rings. The zero-order valence-electron chi connectivity index (χ0n) is 6.30. The van der Waals surface area contributed by atoms with Gasteiger partial charge in [0.1, 0.15) is 0 Å². The number of halogens is 2. The van der Waals surface area contributed by atoms with Crippen LogP contribution in [0.15, 0.2) is 27.6 Å². The lowest BCUT2D eigenvalue weighted by atomic mass is 10.4. The molecule has 1 N–H and O–H groups in total. The Labute approximate surface area is 94.0 Å². The third-order valence-electron chi connectivity index (χ3n) is 1.31. The highest BCUT2D eigenvalue weighted by Crippen LogP contribution is 2.23. The molecular formula is C7H7BrINOS. The molecule has 0 saturated heterocycles. The lowest BCUT2D eigenvalue weighted by Crippen LogP contribution is -1.96. The average Bonchev–Trinajstić information content (AvgIpc) is 1.92. The fraction of sp³-hybridized carbons (Fsp3) is 0.143. The maximum absolute atomic E-state index is 11.4. The van der Waals surface area contributed by atoms with Crippen LogP contribution < -0.4 is 0 Å². The van der Waals surface area contributed by atoms with Crippen molar-refractivity contribution in [3.63, 3.8) is 0 Å². The van der Waals surface area contributed by atoms with Gasteiger partial charge in [-0.15, -0.1) is 0 Å². The monoisotopic (exact) mass is 359 g/mol. The molecule has 1 atom stereocenters. The maximum Gasteiger partial charge on any atom is 0.0708 e. The smallest absolute Gasteiger partial charge is 0.0708 e. The Bertz CT molecular complexity index is 402. The molecule has 0 aliphatic rings. The second-order valence-electron chi connectivity index (χ2n) is 2.42.